The Morgan fingerprint density at radius 1 is 1.12 bits per heavy atom. The first-order chi connectivity index (χ1) is 12.0. The van der Waals surface area contributed by atoms with E-state index in [1.54, 1.807) is 19.1 Å². The lowest BCUT2D eigenvalue weighted by atomic mass is 10.2. The van der Waals surface area contributed by atoms with E-state index in [4.69, 9.17) is 9.26 Å². The van der Waals surface area contributed by atoms with Crippen molar-refractivity contribution in [2.75, 3.05) is 14.2 Å². The molecule has 0 saturated heterocycles. The van der Waals surface area contributed by atoms with Crippen molar-refractivity contribution < 1.29 is 18.0 Å². The molecule has 0 saturated carbocycles. The molecule has 2 aromatic carbocycles. The summed E-state index contributed by atoms with van der Waals surface area (Å²) in [5.41, 5.74) is 1.18. The minimum absolute atomic E-state index is 0.295. The Kier molecular flexibility index (Phi) is 5.04. The Hall–Kier alpha value is -2.80. The van der Waals surface area contributed by atoms with Gasteiger partial charge in [0.2, 0.25) is 11.7 Å². The van der Waals surface area contributed by atoms with E-state index in [-0.39, 0.29) is 0 Å². The maximum Gasteiger partial charge on any atom is 0.241 e. The van der Waals surface area contributed by atoms with Gasteiger partial charge < -0.3 is 9.26 Å². The van der Waals surface area contributed by atoms with E-state index in [1.165, 1.54) is 12.1 Å². The van der Waals surface area contributed by atoms with Crippen molar-refractivity contribution in [2.24, 2.45) is 0 Å². The molecule has 3 aromatic rings. The summed E-state index contributed by atoms with van der Waals surface area (Å²) in [6.07, 6.45) is 0. The standard InChI is InChI=1S/C18H17F2N3O2/c1-23(10-13-6-7-14(19)9-16(13)20)11-17-21-18(22-25-17)12-4-3-5-15(8-12)24-2/h3-9H,10-11H2,1-2H3. The normalized spacial score (nSPS) is 11.1. The van der Waals surface area contributed by atoms with Crippen molar-refractivity contribution in [3.63, 3.8) is 0 Å². The van der Waals surface area contributed by atoms with Crippen LogP contribution in [-0.2, 0) is 13.1 Å². The van der Waals surface area contributed by atoms with Crippen LogP contribution in [0.4, 0.5) is 8.78 Å². The quantitative estimate of drug-likeness (QED) is 0.682. The van der Waals surface area contributed by atoms with Gasteiger partial charge in [-0.15, -0.1) is 0 Å². The molecular weight excluding hydrogens is 328 g/mol. The van der Waals surface area contributed by atoms with Crippen LogP contribution >= 0.6 is 0 Å². The highest BCUT2D eigenvalue weighted by Gasteiger charge is 2.13. The molecule has 130 valence electrons. The molecule has 0 spiro atoms. The molecule has 1 heterocycles. The lowest BCUT2D eigenvalue weighted by Crippen LogP contribution is -2.18. The van der Waals surface area contributed by atoms with Gasteiger partial charge in [-0.05, 0) is 25.2 Å². The Morgan fingerprint density at radius 2 is 1.96 bits per heavy atom. The fourth-order valence-electron chi connectivity index (χ4n) is 2.43. The van der Waals surface area contributed by atoms with Gasteiger partial charge in [0.15, 0.2) is 0 Å². The van der Waals surface area contributed by atoms with Crippen LogP contribution in [0.5, 0.6) is 5.75 Å². The molecule has 3 rings (SSSR count). The van der Waals surface area contributed by atoms with Gasteiger partial charge in [-0.3, -0.25) is 4.90 Å². The first-order valence-electron chi connectivity index (χ1n) is 7.64. The fraction of sp³-hybridized carbons (Fsp3) is 0.222. The zero-order valence-corrected chi connectivity index (χ0v) is 13.9. The molecule has 0 aliphatic rings. The van der Waals surface area contributed by atoms with Gasteiger partial charge in [0.25, 0.3) is 0 Å². The van der Waals surface area contributed by atoms with Crippen molar-refractivity contribution in [3.8, 4) is 17.1 Å². The highest BCUT2D eigenvalue weighted by molar-refractivity contribution is 5.56. The van der Waals surface area contributed by atoms with Crippen molar-refractivity contribution >= 4 is 0 Å². The van der Waals surface area contributed by atoms with Crippen LogP contribution in [0.25, 0.3) is 11.4 Å². The molecule has 0 radical (unpaired) electrons. The number of aromatic nitrogens is 2. The van der Waals surface area contributed by atoms with Crippen LogP contribution in [0, 0.1) is 11.6 Å². The van der Waals surface area contributed by atoms with E-state index in [2.05, 4.69) is 10.1 Å². The van der Waals surface area contributed by atoms with Crippen LogP contribution in [0.15, 0.2) is 47.0 Å². The zero-order valence-electron chi connectivity index (χ0n) is 13.9. The SMILES string of the molecule is COc1cccc(-c2noc(CN(C)Cc3ccc(F)cc3F)n2)c1. The van der Waals surface area contributed by atoms with Crippen molar-refractivity contribution in [2.45, 2.75) is 13.1 Å². The van der Waals surface area contributed by atoms with Gasteiger partial charge in [0.05, 0.1) is 13.7 Å². The van der Waals surface area contributed by atoms with Crippen LogP contribution in [-0.4, -0.2) is 29.2 Å². The average Bonchev–Trinajstić information content (AvgIpc) is 3.06. The molecule has 0 amide bonds. The van der Waals surface area contributed by atoms with Crippen LogP contribution < -0.4 is 4.74 Å². The van der Waals surface area contributed by atoms with Crippen LogP contribution in [0.2, 0.25) is 0 Å². The van der Waals surface area contributed by atoms with Crippen molar-refractivity contribution in [1.82, 2.24) is 15.0 Å². The third kappa shape index (κ3) is 4.19. The summed E-state index contributed by atoms with van der Waals surface area (Å²) >= 11 is 0. The minimum Gasteiger partial charge on any atom is -0.497 e. The number of halogens is 2. The van der Waals surface area contributed by atoms with Gasteiger partial charge in [-0.25, -0.2) is 8.78 Å². The molecule has 1 aromatic heterocycles. The molecule has 0 bridgehead atoms. The highest BCUT2D eigenvalue weighted by atomic mass is 19.1. The van der Waals surface area contributed by atoms with Gasteiger partial charge in [-0.1, -0.05) is 23.4 Å². The second kappa shape index (κ2) is 7.40. The van der Waals surface area contributed by atoms with Crippen molar-refractivity contribution in [3.05, 3.63) is 65.6 Å². The Balaban J connectivity index is 1.68. The number of methoxy groups -OCH3 is 1. The predicted octanol–water partition coefficient (Wildman–Crippen LogP) is 3.66. The molecule has 25 heavy (non-hydrogen) atoms. The maximum absolute atomic E-state index is 13.7. The molecule has 0 aliphatic carbocycles. The van der Waals surface area contributed by atoms with E-state index in [1.807, 2.05) is 24.3 Å². The molecule has 0 atom stereocenters. The monoisotopic (exact) mass is 345 g/mol. The highest BCUT2D eigenvalue weighted by Crippen LogP contribution is 2.21. The predicted molar refractivity (Wildman–Crippen MR) is 87.8 cm³/mol. The summed E-state index contributed by atoms with van der Waals surface area (Å²) in [7, 11) is 3.38. The number of hydrogen-bond donors (Lipinski definition) is 0. The zero-order chi connectivity index (χ0) is 17.8. The van der Waals surface area contributed by atoms with Gasteiger partial charge in [0.1, 0.15) is 17.4 Å². The smallest absolute Gasteiger partial charge is 0.241 e. The molecular formula is C18H17F2N3O2. The number of benzene rings is 2. The first kappa shape index (κ1) is 17.0. The second-order valence-corrected chi connectivity index (χ2v) is 5.65. The van der Waals surface area contributed by atoms with Crippen LogP contribution in [0.3, 0.4) is 0 Å². The number of ether oxygens (including phenoxy) is 1. The second-order valence-electron chi connectivity index (χ2n) is 5.65. The summed E-state index contributed by atoms with van der Waals surface area (Å²) in [5, 5.41) is 3.96. The fourth-order valence-corrected chi connectivity index (χ4v) is 2.43. The number of rotatable bonds is 6. The number of hydrogen-bond acceptors (Lipinski definition) is 5. The summed E-state index contributed by atoms with van der Waals surface area (Å²) < 4.78 is 37.1. The Bertz CT molecular complexity index is 867. The van der Waals surface area contributed by atoms with Crippen LogP contribution in [0.1, 0.15) is 11.5 Å². The lowest BCUT2D eigenvalue weighted by molar-refractivity contribution is 0.258. The summed E-state index contributed by atoms with van der Waals surface area (Å²) in [5.74, 6) is 0.393. The third-order valence-corrected chi connectivity index (χ3v) is 3.66. The molecule has 0 unspecified atom stereocenters. The largest absolute Gasteiger partial charge is 0.497 e. The molecule has 7 heteroatoms. The maximum atomic E-state index is 13.7. The first-order valence-corrected chi connectivity index (χ1v) is 7.64. The molecule has 0 fully saturated rings. The average molecular weight is 345 g/mol. The van der Waals surface area contributed by atoms with Gasteiger partial charge in [-0.2, -0.15) is 4.98 Å². The molecule has 0 aliphatic heterocycles. The van der Waals surface area contributed by atoms with Gasteiger partial charge in [0, 0.05) is 23.7 Å². The Labute approximate surface area is 143 Å². The lowest BCUT2D eigenvalue weighted by Gasteiger charge is -2.14. The molecule has 5 nitrogen and oxygen atoms in total. The van der Waals surface area contributed by atoms with E-state index in [0.29, 0.717) is 36.1 Å². The topological polar surface area (TPSA) is 51.4 Å². The van der Waals surface area contributed by atoms with E-state index in [0.717, 1.165) is 11.6 Å². The molecule has 0 N–H and O–H groups in total. The number of nitrogens with zero attached hydrogens (tertiary/aromatic N) is 3. The van der Waals surface area contributed by atoms with E-state index >= 15 is 0 Å². The van der Waals surface area contributed by atoms with Gasteiger partial charge >= 0.3 is 0 Å². The van der Waals surface area contributed by atoms with Crippen molar-refractivity contribution in [1.29, 1.82) is 0 Å². The van der Waals surface area contributed by atoms with E-state index < -0.39 is 11.6 Å². The van der Waals surface area contributed by atoms with E-state index in [9.17, 15) is 8.78 Å². The summed E-state index contributed by atoms with van der Waals surface area (Å²) in [6.45, 7) is 0.636. The minimum atomic E-state index is -0.594. The Morgan fingerprint density at radius 3 is 2.72 bits per heavy atom. The third-order valence-electron chi connectivity index (χ3n) is 3.66. The summed E-state index contributed by atoms with van der Waals surface area (Å²) in [6, 6.07) is 10.9. The summed E-state index contributed by atoms with van der Waals surface area (Å²) in [4.78, 5) is 6.15.